The predicted octanol–water partition coefficient (Wildman–Crippen LogP) is 4.18. The van der Waals surface area contributed by atoms with Crippen LogP contribution in [-0.2, 0) is 11.2 Å². The average molecular weight is 303 g/mol. The van der Waals surface area contributed by atoms with Crippen LogP contribution in [0.4, 0.5) is 0 Å². The van der Waals surface area contributed by atoms with Gasteiger partial charge in [-0.15, -0.1) is 0 Å². The molecule has 122 valence electrons. The van der Waals surface area contributed by atoms with Crippen LogP contribution in [0.3, 0.4) is 0 Å². The van der Waals surface area contributed by atoms with Crippen LogP contribution in [0.25, 0.3) is 0 Å². The van der Waals surface area contributed by atoms with Crippen molar-refractivity contribution in [2.75, 3.05) is 13.2 Å². The highest BCUT2D eigenvalue weighted by molar-refractivity contribution is 5.93. The first-order valence-corrected chi connectivity index (χ1v) is 8.82. The molecule has 0 spiro atoms. The van der Waals surface area contributed by atoms with Crippen molar-refractivity contribution in [3.8, 4) is 0 Å². The average Bonchev–Trinajstić information content (AvgIpc) is 2.56. The molecule has 0 aliphatic carbocycles. The fourth-order valence-corrected chi connectivity index (χ4v) is 2.71. The van der Waals surface area contributed by atoms with Crippen LogP contribution >= 0.6 is 0 Å². The van der Waals surface area contributed by atoms with Crippen molar-refractivity contribution in [3.05, 3.63) is 23.8 Å². The number of aromatic nitrogens is 2. The summed E-state index contributed by atoms with van der Waals surface area (Å²) in [6, 6.07) is 0. The molecule has 1 unspecified atom stereocenters. The van der Waals surface area contributed by atoms with Crippen molar-refractivity contribution in [1.82, 2.24) is 9.97 Å². The maximum atomic E-state index is 5.82. The Morgan fingerprint density at radius 2 is 1.82 bits per heavy atom. The highest BCUT2D eigenvalue weighted by Gasteiger charge is 2.18. The molecule has 2 rings (SSSR count). The molecule has 0 amide bonds. The molecule has 1 aliphatic heterocycles. The summed E-state index contributed by atoms with van der Waals surface area (Å²) in [6.07, 6.45) is 13.6. The van der Waals surface area contributed by atoms with Gasteiger partial charge in [-0.3, -0.25) is 4.99 Å². The van der Waals surface area contributed by atoms with Gasteiger partial charge in [-0.1, -0.05) is 46.0 Å². The predicted molar refractivity (Wildman–Crippen MR) is 90.2 cm³/mol. The van der Waals surface area contributed by atoms with Crippen LogP contribution in [0.15, 0.2) is 17.4 Å². The molecule has 0 saturated carbocycles. The highest BCUT2D eigenvalue weighted by Crippen LogP contribution is 2.17. The summed E-state index contributed by atoms with van der Waals surface area (Å²) < 4.78 is 5.82. The Hall–Kier alpha value is -1.45. The lowest BCUT2D eigenvalue weighted by Gasteiger charge is -2.22. The van der Waals surface area contributed by atoms with Gasteiger partial charge in [0.1, 0.15) is 5.82 Å². The van der Waals surface area contributed by atoms with Crippen molar-refractivity contribution < 1.29 is 4.74 Å². The van der Waals surface area contributed by atoms with Gasteiger partial charge in [0.2, 0.25) is 5.90 Å². The Kier molecular flexibility index (Phi) is 7.34. The molecule has 0 saturated heterocycles. The normalized spacial score (nSPS) is 17.9. The topological polar surface area (TPSA) is 47.4 Å². The van der Waals surface area contributed by atoms with E-state index >= 15 is 0 Å². The summed E-state index contributed by atoms with van der Waals surface area (Å²) >= 11 is 0. The number of ether oxygens (including phenoxy) is 1. The lowest BCUT2D eigenvalue weighted by molar-refractivity contribution is 0.210. The Morgan fingerprint density at radius 3 is 2.45 bits per heavy atom. The zero-order valence-corrected chi connectivity index (χ0v) is 14.1. The Labute approximate surface area is 134 Å². The standard InChI is InChI=1S/C18H29N3O/c1-3-5-6-7-8-10-15-11-21-18(22-14-15)16-12-19-17(9-4-2)20-13-16/h12-13,15H,3-11,14H2,1-2H3. The van der Waals surface area contributed by atoms with Crippen molar-refractivity contribution >= 4 is 5.90 Å². The molecule has 1 aromatic heterocycles. The number of nitrogens with zero attached hydrogens (tertiary/aromatic N) is 3. The molecular weight excluding hydrogens is 274 g/mol. The molecule has 0 N–H and O–H groups in total. The minimum absolute atomic E-state index is 0.575. The van der Waals surface area contributed by atoms with Gasteiger partial charge in [0.05, 0.1) is 12.2 Å². The van der Waals surface area contributed by atoms with Gasteiger partial charge < -0.3 is 4.74 Å². The Bertz CT molecular complexity index is 456. The monoisotopic (exact) mass is 303 g/mol. The minimum atomic E-state index is 0.575. The first-order chi connectivity index (χ1) is 10.8. The molecule has 0 bridgehead atoms. The third-order valence-corrected chi connectivity index (χ3v) is 4.09. The summed E-state index contributed by atoms with van der Waals surface area (Å²) in [6.45, 7) is 6.04. The zero-order chi connectivity index (χ0) is 15.6. The second-order valence-corrected chi connectivity index (χ2v) is 6.16. The van der Waals surface area contributed by atoms with Crippen LogP contribution in [0.2, 0.25) is 0 Å². The van der Waals surface area contributed by atoms with Crippen LogP contribution < -0.4 is 0 Å². The molecule has 4 heteroatoms. The van der Waals surface area contributed by atoms with Crippen LogP contribution in [-0.4, -0.2) is 29.0 Å². The van der Waals surface area contributed by atoms with E-state index in [0.29, 0.717) is 11.8 Å². The van der Waals surface area contributed by atoms with E-state index < -0.39 is 0 Å². The number of rotatable bonds is 9. The van der Waals surface area contributed by atoms with E-state index in [4.69, 9.17) is 4.74 Å². The summed E-state index contributed by atoms with van der Waals surface area (Å²) in [4.78, 5) is 13.3. The maximum absolute atomic E-state index is 5.82. The molecule has 0 fully saturated rings. The van der Waals surface area contributed by atoms with E-state index in [-0.39, 0.29) is 0 Å². The Balaban J connectivity index is 1.76. The van der Waals surface area contributed by atoms with Gasteiger partial charge in [0, 0.05) is 31.3 Å². The van der Waals surface area contributed by atoms with E-state index in [1.807, 2.05) is 12.4 Å². The SMILES string of the molecule is CCCCCCCC1CN=C(c2cnc(CCC)nc2)OC1. The summed E-state index contributed by atoms with van der Waals surface area (Å²) in [5.41, 5.74) is 0.904. The van der Waals surface area contributed by atoms with E-state index in [1.165, 1.54) is 38.5 Å². The van der Waals surface area contributed by atoms with Gasteiger partial charge in [0.15, 0.2) is 0 Å². The maximum Gasteiger partial charge on any atom is 0.219 e. The van der Waals surface area contributed by atoms with E-state index in [2.05, 4.69) is 28.8 Å². The van der Waals surface area contributed by atoms with Crippen LogP contribution in [0.1, 0.15) is 70.2 Å². The van der Waals surface area contributed by atoms with Crippen molar-refractivity contribution in [2.24, 2.45) is 10.9 Å². The molecule has 0 aromatic carbocycles. The smallest absolute Gasteiger partial charge is 0.219 e. The first kappa shape index (κ1) is 16.9. The number of aryl methyl sites for hydroxylation is 1. The zero-order valence-electron chi connectivity index (χ0n) is 14.1. The van der Waals surface area contributed by atoms with Crippen molar-refractivity contribution in [2.45, 2.75) is 65.2 Å². The van der Waals surface area contributed by atoms with Crippen LogP contribution in [0, 0.1) is 5.92 Å². The number of unbranched alkanes of at least 4 members (excludes halogenated alkanes) is 4. The van der Waals surface area contributed by atoms with E-state index in [0.717, 1.165) is 37.4 Å². The molecule has 1 atom stereocenters. The molecule has 22 heavy (non-hydrogen) atoms. The van der Waals surface area contributed by atoms with E-state index in [1.54, 1.807) is 0 Å². The number of hydrogen-bond donors (Lipinski definition) is 0. The van der Waals surface area contributed by atoms with Gasteiger partial charge in [-0.2, -0.15) is 0 Å². The highest BCUT2D eigenvalue weighted by atomic mass is 16.5. The van der Waals surface area contributed by atoms with Gasteiger partial charge in [0.25, 0.3) is 0 Å². The molecule has 4 nitrogen and oxygen atoms in total. The van der Waals surface area contributed by atoms with Gasteiger partial charge >= 0.3 is 0 Å². The second kappa shape index (κ2) is 9.54. The third-order valence-electron chi connectivity index (χ3n) is 4.09. The molecule has 1 aromatic rings. The fourth-order valence-electron chi connectivity index (χ4n) is 2.71. The molecular formula is C18H29N3O. The van der Waals surface area contributed by atoms with Gasteiger partial charge in [-0.25, -0.2) is 9.97 Å². The largest absolute Gasteiger partial charge is 0.477 e. The van der Waals surface area contributed by atoms with Crippen molar-refractivity contribution in [3.63, 3.8) is 0 Å². The molecule has 1 aliphatic rings. The van der Waals surface area contributed by atoms with E-state index in [9.17, 15) is 0 Å². The second-order valence-electron chi connectivity index (χ2n) is 6.16. The van der Waals surface area contributed by atoms with Crippen LogP contribution in [0.5, 0.6) is 0 Å². The summed E-state index contributed by atoms with van der Waals surface area (Å²) in [5.74, 6) is 2.18. The van der Waals surface area contributed by atoms with Crippen molar-refractivity contribution in [1.29, 1.82) is 0 Å². The first-order valence-electron chi connectivity index (χ1n) is 8.82. The third kappa shape index (κ3) is 5.39. The summed E-state index contributed by atoms with van der Waals surface area (Å²) in [7, 11) is 0. The number of aliphatic imine (C=N–C) groups is 1. The molecule has 2 heterocycles. The van der Waals surface area contributed by atoms with Gasteiger partial charge in [-0.05, 0) is 12.8 Å². The lowest BCUT2D eigenvalue weighted by atomic mass is 10.0. The number of hydrogen-bond acceptors (Lipinski definition) is 4. The quantitative estimate of drug-likeness (QED) is 0.643. The summed E-state index contributed by atoms with van der Waals surface area (Å²) in [5, 5.41) is 0. The molecule has 0 radical (unpaired) electrons. The lowest BCUT2D eigenvalue weighted by Crippen LogP contribution is -2.24. The Morgan fingerprint density at radius 1 is 1.05 bits per heavy atom. The minimum Gasteiger partial charge on any atom is -0.477 e. The fraction of sp³-hybridized carbons (Fsp3) is 0.722.